The fourth-order valence-electron chi connectivity index (χ4n) is 2.49. The fourth-order valence-corrected chi connectivity index (χ4v) is 3.98. The number of hydrogen-bond donors (Lipinski definition) is 3. The molecule has 3 rings (SSSR count). The number of benzene rings is 2. The molecule has 0 saturated heterocycles. The molecule has 0 bridgehead atoms. The molecule has 3 N–H and O–H groups in total. The van der Waals surface area contributed by atoms with Crippen molar-refractivity contribution < 1.29 is 19.5 Å². The van der Waals surface area contributed by atoms with Gasteiger partial charge in [0.15, 0.2) is 5.13 Å². The quantitative estimate of drug-likeness (QED) is 0.344. The van der Waals surface area contributed by atoms with Crippen molar-refractivity contribution in [1.29, 1.82) is 0 Å². The molecule has 0 fully saturated rings. The normalized spacial score (nSPS) is 10.7. The highest BCUT2D eigenvalue weighted by Crippen LogP contribution is 2.26. The first-order valence-electron chi connectivity index (χ1n) is 9.16. The average Bonchev–Trinajstić information content (AvgIpc) is 3.20. The van der Waals surface area contributed by atoms with Crippen LogP contribution < -0.4 is 10.6 Å². The number of aromatic nitrogens is 1. The molecule has 0 atom stereocenters. The van der Waals surface area contributed by atoms with Gasteiger partial charge in [-0.15, -0.1) is 23.1 Å². The van der Waals surface area contributed by atoms with Gasteiger partial charge in [0.2, 0.25) is 11.8 Å². The molecule has 2 aromatic carbocycles. The summed E-state index contributed by atoms with van der Waals surface area (Å²) in [4.78, 5) is 39.7. The number of carboxylic acids is 1. The van der Waals surface area contributed by atoms with Gasteiger partial charge in [0.25, 0.3) is 0 Å². The van der Waals surface area contributed by atoms with Crippen LogP contribution in [-0.4, -0.2) is 33.6 Å². The first kappa shape index (κ1) is 22.3. The first-order chi connectivity index (χ1) is 14.9. The van der Waals surface area contributed by atoms with Gasteiger partial charge in [-0.1, -0.05) is 35.9 Å². The number of rotatable bonds is 8. The van der Waals surface area contributed by atoms with E-state index in [9.17, 15) is 14.4 Å². The Kier molecular flexibility index (Phi) is 7.58. The Hall–Kier alpha value is -3.43. The Morgan fingerprint density at radius 1 is 1.10 bits per heavy atom. The molecular formula is C22H19N3O4S2. The summed E-state index contributed by atoms with van der Waals surface area (Å²) >= 11 is 2.68. The summed E-state index contributed by atoms with van der Waals surface area (Å²) in [6, 6.07) is 15.0. The van der Waals surface area contributed by atoms with Crippen molar-refractivity contribution in [3.8, 4) is 11.3 Å². The van der Waals surface area contributed by atoms with Gasteiger partial charge in [-0.2, -0.15) is 0 Å². The Balaban J connectivity index is 1.52. The van der Waals surface area contributed by atoms with Crippen LogP contribution in [0.1, 0.15) is 5.56 Å². The van der Waals surface area contributed by atoms with E-state index in [0.29, 0.717) is 10.8 Å². The molecule has 158 valence electrons. The highest BCUT2D eigenvalue weighted by atomic mass is 32.2. The number of nitrogens with one attached hydrogen (secondary N) is 2. The van der Waals surface area contributed by atoms with Gasteiger partial charge in [-0.3, -0.25) is 9.59 Å². The van der Waals surface area contributed by atoms with E-state index in [4.69, 9.17) is 5.11 Å². The number of hydrogen-bond acceptors (Lipinski definition) is 6. The number of anilines is 2. The monoisotopic (exact) mass is 453 g/mol. The van der Waals surface area contributed by atoms with E-state index in [2.05, 4.69) is 15.6 Å². The lowest BCUT2D eigenvalue weighted by molar-refractivity contribution is -0.131. The third kappa shape index (κ3) is 7.09. The summed E-state index contributed by atoms with van der Waals surface area (Å²) in [6.45, 7) is 2.02. The number of carbonyl (C=O) groups is 3. The van der Waals surface area contributed by atoms with Crippen LogP contribution in [0.2, 0.25) is 0 Å². The SMILES string of the molecule is Cc1ccc(-c2csc(NC(=O)CSc3cccc(NC(=O)/C=C/C(=O)O)c3)n2)cc1. The summed E-state index contributed by atoms with van der Waals surface area (Å²) < 4.78 is 0. The number of thioether (sulfide) groups is 1. The first-order valence-corrected chi connectivity index (χ1v) is 11.0. The zero-order valence-corrected chi connectivity index (χ0v) is 18.1. The molecule has 1 aromatic heterocycles. The minimum atomic E-state index is -1.20. The molecule has 31 heavy (non-hydrogen) atoms. The van der Waals surface area contributed by atoms with E-state index in [1.54, 1.807) is 18.2 Å². The van der Waals surface area contributed by atoms with E-state index in [-0.39, 0.29) is 11.7 Å². The highest BCUT2D eigenvalue weighted by molar-refractivity contribution is 8.00. The molecule has 0 spiro atoms. The highest BCUT2D eigenvalue weighted by Gasteiger charge is 2.09. The predicted molar refractivity (Wildman–Crippen MR) is 123 cm³/mol. The topological polar surface area (TPSA) is 108 Å². The van der Waals surface area contributed by atoms with Crippen molar-refractivity contribution >= 4 is 51.7 Å². The van der Waals surface area contributed by atoms with Crippen molar-refractivity contribution in [3.05, 3.63) is 71.6 Å². The minimum Gasteiger partial charge on any atom is -0.478 e. The predicted octanol–water partition coefficient (Wildman–Crippen LogP) is 4.43. The van der Waals surface area contributed by atoms with Crippen molar-refractivity contribution in [3.63, 3.8) is 0 Å². The molecule has 9 heteroatoms. The Morgan fingerprint density at radius 3 is 2.61 bits per heavy atom. The molecule has 0 unspecified atom stereocenters. The van der Waals surface area contributed by atoms with Gasteiger partial charge in [-0.25, -0.2) is 9.78 Å². The lowest BCUT2D eigenvalue weighted by Gasteiger charge is -2.06. The van der Waals surface area contributed by atoms with Crippen LogP contribution >= 0.6 is 23.1 Å². The third-order valence-corrected chi connectivity index (χ3v) is 5.70. The molecule has 3 aromatic rings. The maximum absolute atomic E-state index is 12.3. The van der Waals surface area contributed by atoms with E-state index in [0.717, 1.165) is 28.3 Å². The number of thiazole rings is 1. The summed E-state index contributed by atoms with van der Waals surface area (Å²) in [5.74, 6) is -1.75. The molecule has 0 aliphatic heterocycles. The van der Waals surface area contributed by atoms with Gasteiger partial charge < -0.3 is 15.7 Å². The summed E-state index contributed by atoms with van der Waals surface area (Å²) in [6.07, 6.45) is 1.70. The molecule has 7 nitrogen and oxygen atoms in total. The Labute approximate surface area is 187 Å². The van der Waals surface area contributed by atoms with E-state index < -0.39 is 11.9 Å². The molecule has 0 aliphatic carbocycles. The molecule has 1 heterocycles. The van der Waals surface area contributed by atoms with Gasteiger partial charge in [-0.05, 0) is 25.1 Å². The Bertz CT molecular complexity index is 1120. The van der Waals surface area contributed by atoms with Gasteiger partial charge in [0, 0.05) is 33.7 Å². The van der Waals surface area contributed by atoms with Crippen LogP contribution in [0.5, 0.6) is 0 Å². The van der Waals surface area contributed by atoms with Gasteiger partial charge >= 0.3 is 5.97 Å². The standard InChI is InChI=1S/C22H19N3O4S2/c1-14-5-7-15(8-6-14)18-12-31-22(24-18)25-20(27)13-30-17-4-2-3-16(11-17)23-19(26)9-10-21(28)29/h2-12H,13H2,1H3,(H,23,26)(H,28,29)(H,24,25,27)/b10-9+. The second-order valence-electron chi connectivity index (χ2n) is 6.43. The maximum atomic E-state index is 12.3. The average molecular weight is 454 g/mol. The van der Waals surface area contributed by atoms with Crippen molar-refractivity contribution in [2.45, 2.75) is 11.8 Å². The molecular weight excluding hydrogens is 434 g/mol. The number of carbonyl (C=O) groups excluding carboxylic acids is 2. The summed E-state index contributed by atoms with van der Waals surface area (Å²) in [5, 5.41) is 16.4. The van der Waals surface area contributed by atoms with Crippen LogP contribution in [0, 0.1) is 6.92 Å². The lowest BCUT2D eigenvalue weighted by Crippen LogP contribution is -2.13. The summed E-state index contributed by atoms with van der Waals surface area (Å²) in [7, 11) is 0. The van der Waals surface area contributed by atoms with Gasteiger partial charge in [0.05, 0.1) is 11.4 Å². The fraction of sp³-hybridized carbons (Fsp3) is 0.0909. The van der Waals surface area contributed by atoms with Gasteiger partial charge in [0.1, 0.15) is 0 Å². The molecule has 0 radical (unpaired) electrons. The van der Waals surface area contributed by atoms with E-state index in [1.165, 1.54) is 28.7 Å². The van der Waals surface area contributed by atoms with Crippen molar-refractivity contribution in [2.24, 2.45) is 0 Å². The third-order valence-electron chi connectivity index (χ3n) is 3.95. The zero-order chi connectivity index (χ0) is 22.2. The number of aliphatic carboxylic acids is 1. The summed E-state index contributed by atoms with van der Waals surface area (Å²) in [5.41, 5.74) is 3.49. The van der Waals surface area contributed by atoms with Crippen LogP contribution in [0.15, 0.2) is 71.0 Å². The second kappa shape index (κ2) is 10.6. The molecule has 0 saturated carbocycles. The van der Waals surface area contributed by atoms with E-state index in [1.807, 2.05) is 42.6 Å². The van der Waals surface area contributed by atoms with Crippen LogP contribution in [-0.2, 0) is 14.4 Å². The van der Waals surface area contributed by atoms with Crippen molar-refractivity contribution in [1.82, 2.24) is 4.98 Å². The number of amides is 2. The van der Waals surface area contributed by atoms with Crippen LogP contribution in [0.3, 0.4) is 0 Å². The molecule has 2 amide bonds. The maximum Gasteiger partial charge on any atom is 0.328 e. The van der Waals surface area contributed by atoms with Crippen LogP contribution in [0.4, 0.5) is 10.8 Å². The number of aryl methyl sites for hydroxylation is 1. The van der Waals surface area contributed by atoms with Crippen molar-refractivity contribution in [2.75, 3.05) is 16.4 Å². The Morgan fingerprint density at radius 2 is 1.87 bits per heavy atom. The van der Waals surface area contributed by atoms with E-state index >= 15 is 0 Å². The molecule has 0 aliphatic rings. The smallest absolute Gasteiger partial charge is 0.328 e. The number of nitrogens with zero attached hydrogens (tertiary/aromatic N) is 1. The minimum absolute atomic E-state index is 0.176. The largest absolute Gasteiger partial charge is 0.478 e. The van der Waals surface area contributed by atoms with Crippen LogP contribution in [0.25, 0.3) is 11.3 Å². The zero-order valence-electron chi connectivity index (χ0n) is 16.5. The lowest BCUT2D eigenvalue weighted by atomic mass is 10.1. The second-order valence-corrected chi connectivity index (χ2v) is 8.34. The number of carboxylic acid groups (broad SMARTS) is 1.